The Morgan fingerprint density at radius 2 is 2.24 bits per heavy atom. The average Bonchev–Trinajstić information content (AvgIpc) is 2.34. The molecule has 2 rings (SSSR count). The number of rotatable bonds is 1. The van der Waals surface area contributed by atoms with E-state index in [0.717, 1.165) is 25.7 Å². The van der Waals surface area contributed by atoms with Crippen LogP contribution < -0.4 is 11.1 Å². The van der Waals surface area contributed by atoms with Gasteiger partial charge in [0.15, 0.2) is 0 Å². The molecule has 0 unspecified atom stereocenters. The lowest BCUT2D eigenvalue weighted by Crippen LogP contribution is -2.57. The first kappa shape index (κ1) is 12.6. The van der Waals surface area contributed by atoms with Crippen molar-refractivity contribution in [2.75, 3.05) is 26.2 Å². The molecule has 0 bridgehead atoms. The fraction of sp³-hybridized carbons (Fsp3) is 0.917. The molecule has 1 saturated carbocycles. The molecular formula is C12H23N3O2. The van der Waals surface area contributed by atoms with Crippen LogP contribution in [0.3, 0.4) is 0 Å². The number of nitrogens with zero attached hydrogens (tertiary/aromatic N) is 1. The van der Waals surface area contributed by atoms with Crippen LogP contribution >= 0.6 is 0 Å². The maximum Gasteiger partial charge on any atom is 0.317 e. The van der Waals surface area contributed by atoms with Crippen molar-refractivity contribution in [1.29, 1.82) is 0 Å². The molecule has 1 heterocycles. The number of carbonyl (C=O) groups excluding carboxylic acids is 1. The number of urea groups is 1. The summed E-state index contributed by atoms with van der Waals surface area (Å²) in [4.78, 5) is 13.7. The second kappa shape index (κ2) is 5.23. The minimum absolute atomic E-state index is 0.0325. The summed E-state index contributed by atoms with van der Waals surface area (Å²) >= 11 is 0. The third-order valence-corrected chi connectivity index (χ3v) is 3.81. The third-order valence-electron chi connectivity index (χ3n) is 3.81. The van der Waals surface area contributed by atoms with E-state index < -0.39 is 0 Å². The molecule has 0 aromatic rings. The Morgan fingerprint density at radius 3 is 2.88 bits per heavy atom. The van der Waals surface area contributed by atoms with Gasteiger partial charge in [-0.05, 0) is 32.6 Å². The number of ether oxygens (including phenoxy) is 1. The number of morpholine rings is 1. The molecule has 2 aliphatic rings. The zero-order chi connectivity index (χ0) is 12.3. The zero-order valence-corrected chi connectivity index (χ0v) is 10.6. The second-order valence-corrected chi connectivity index (χ2v) is 5.13. The lowest BCUT2D eigenvalue weighted by atomic mass is 9.81. The van der Waals surface area contributed by atoms with Crippen LogP contribution in [0.1, 0.15) is 32.6 Å². The zero-order valence-electron chi connectivity index (χ0n) is 10.6. The van der Waals surface area contributed by atoms with Gasteiger partial charge in [0.2, 0.25) is 0 Å². The van der Waals surface area contributed by atoms with Crippen LogP contribution in [0.15, 0.2) is 0 Å². The monoisotopic (exact) mass is 241 g/mol. The van der Waals surface area contributed by atoms with Gasteiger partial charge < -0.3 is 20.7 Å². The first-order chi connectivity index (χ1) is 8.15. The summed E-state index contributed by atoms with van der Waals surface area (Å²) in [6.45, 7) is 4.67. The Labute approximate surface area is 103 Å². The first-order valence-corrected chi connectivity index (χ1v) is 6.57. The summed E-state index contributed by atoms with van der Waals surface area (Å²) in [5.74, 6) is 0. The number of nitrogens with one attached hydrogen (secondary N) is 1. The number of hydrogen-bond donors (Lipinski definition) is 2. The van der Waals surface area contributed by atoms with Crippen LogP contribution in [0.25, 0.3) is 0 Å². The Balaban J connectivity index is 1.94. The predicted molar refractivity (Wildman–Crippen MR) is 65.8 cm³/mol. The molecule has 1 spiro atoms. The highest BCUT2D eigenvalue weighted by molar-refractivity contribution is 5.74. The van der Waals surface area contributed by atoms with Gasteiger partial charge >= 0.3 is 6.03 Å². The van der Waals surface area contributed by atoms with Crippen LogP contribution in [-0.2, 0) is 4.74 Å². The molecule has 3 N–H and O–H groups in total. The normalized spacial score (nSPS) is 33.8. The fourth-order valence-corrected chi connectivity index (χ4v) is 2.75. The van der Waals surface area contributed by atoms with E-state index in [9.17, 15) is 4.79 Å². The molecule has 17 heavy (non-hydrogen) atoms. The number of amides is 2. The van der Waals surface area contributed by atoms with Crippen molar-refractivity contribution < 1.29 is 9.53 Å². The van der Waals surface area contributed by atoms with Crippen LogP contribution in [0.5, 0.6) is 0 Å². The maximum absolute atomic E-state index is 11.8. The van der Waals surface area contributed by atoms with Gasteiger partial charge in [0.1, 0.15) is 0 Å². The van der Waals surface area contributed by atoms with Gasteiger partial charge in [-0.2, -0.15) is 0 Å². The maximum atomic E-state index is 11.8. The van der Waals surface area contributed by atoms with Crippen molar-refractivity contribution in [3.8, 4) is 0 Å². The molecule has 0 atom stereocenters. The molecular weight excluding hydrogens is 218 g/mol. The average molecular weight is 241 g/mol. The second-order valence-electron chi connectivity index (χ2n) is 5.13. The van der Waals surface area contributed by atoms with E-state index in [1.165, 1.54) is 0 Å². The van der Waals surface area contributed by atoms with E-state index in [4.69, 9.17) is 10.5 Å². The highest BCUT2D eigenvalue weighted by Crippen LogP contribution is 2.33. The van der Waals surface area contributed by atoms with Crippen LogP contribution in [-0.4, -0.2) is 48.8 Å². The molecule has 5 nitrogen and oxygen atoms in total. The molecule has 0 aromatic heterocycles. The van der Waals surface area contributed by atoms with Crippen LogP contribution in [0, 0.1) is 0 Å². The quantitative estimate of drug-likeness (QED) is 0.709. The van der Waals surface area contributed by atoms with Crippen molar-refractivity contribution in [1.82, 2.24) is 10.2 Å². The Morgan fingerprint density at radius 1 is 1.53 bits per heavy atom. The summed E-state index contributed by atoms with van der Waals surface area (Å²) in [5.41, 5.74) is 5.79. The van der Waals surface area contributed by atoms with Gasteiger partial charge in [-0.3, -0.25) is 0 Å². The number of nitrogens with two attached hydrogens (primary N) is 1. The molecule has 1 aliphatic carbocycles. The Hall–Kier alpha value is -0.810. The van der Waals surface area contributed by atoms with E-state index in [1.54, 1.807) is 0 Å². The largest absolute Gasteiger partial charge is 0.371 e. The van der Waals surface area contributed by atoms with E-state index in [0.29, 0.717) is 32.3 Å². The lowest BCUT2D eigenvalue weighted by molar-refractivity contribution is -0.118. The fourth-order valence-electron chi connectivity index (χ4n) is 2.75. The van der Waals surface area contributed by atoms with Gasteiger partial charge in [-0.15, -0.1) is 0 Å². The van der Waals surface area contributed by atoms with E-state index in [-0.39, 0.29) is 11.6 Å². The molecule has 98 valence electrons. The van der Waals surface area contributed by atoms with Gasteiger partial charge in [0.25, 0.3) is 0 Å². The van der Waals surface area contributed by atoms with Gasteiger partial charge in [0, 0.05) is 19.1 Å². The predicted octanol–water partition coefficient (Wildman–Crippen LogP) is 0.688. The smallest absolute Gasteiger partial charge is 0.317 e. The van der Waals surface area contributed by atoms with Gasteiger partial charge in [-0.1, -0.05) is 0 Å². The number of carbonyl (C=O) groups is 1. The van der Waals surface area contributed by atoms with Gasteiger partial charge in [-0.25, -0.2) is 4.79 Å². The Bertz CT molecular complexity index is 275. The van der Waals surface area contributed by atoms with E-state index >= 15 is 0 Å². The molecule has 0 radical (unpaired) electrons. The lowest BCUT2D eigenvalue weighted by Gasteiger charge is -2.45. The van der Waals surface area contributed by atoms with Crippen molar-refractivity contribution in [2.24, 2.45) is 5.73 Å². The highest BCUT2D eigenvalue weighted by Gasteiger charge is 2.40. The highest BCUT2D eigenvalue weighted by atomic mass is 16.5. The summed E-state index contributed by atoms with van der Waals surface area (Å²) in [7, 11) is 0. The summed E-state index contributed by atoms with van der Waals surface area (Å²) in [5, 5.41) is 2.85. The minimum Gasteiger partial charge on any atom is -0.371 e. The summed E-state index contributed by atoms with van der Waals surface area (Å²) in [6.07, 6.45) is 3.96. The van der Waals surface area contributed by atoms with Crippen molar-refractivity contribution in [3.05, 3.63) is 0 Å². The molecule has 2 amide bonds. The summed E-state index contributed by atoms with van der Waals surface area (Å²) in [6, 6.07) is 0.342. The Kier molecular flexibility index (Phi) is 3.89. The number of hydrogen-bond acceptors (Lipinski definition) is 3. The van der Waals surface area contributed by atoms with Crippen LogP contribution in [0.2, 0.25) is 0 Å². The topological polar surface area (TPSA) is 67.6 Å². The summed E-state index contributed by atoms with van der Waals surface area (Å²) < 4.78 is 5.94. The van der Waals surface area contributed by atoms with Crippen molar-refractivity contribution in [3.63, 3.8) is 0 Å². The standard InChI is InChI=1S/C12H23N3O2/c1-2-14-11(16)15-7-8-17-12(9-15)5-3-10(13)4-6-12/h10H,2-9,13H2,1H3,(H,14,16). The van der Waals surface area contributed by atoms with E-state index in [1.807, 2.05) is 11.8 Å². The SMILES string of the molecule is CCNC(=O)N1CCOC2(CCC(N)CC2)C1. The van der Waals surface area contributed by atoms with Crippen LogP contribution in [0.4, 0.5) is 4.79 Å². The molecule has 0 aromatic carbocycles. The molecule has 1 saturated heterocycles. The molecule has 2 fully saturated rings. The van der Waals surface area contributed by atoms with Crippen molar-refractivity contribution in [2.45, 2.75) is 44.2 Å². The van der Waals surface area contributed by atoms with Crippen molar-refractivity contribution >= 4 is 6.03 Å². The third kappa shape index (κ3) is 2.90. The molecule has 5 heteroatoms. The minimum atomic E-state index is -0.126. The first-order valence-electron chi connectivity index (χ1n) is 6.57. The van der Waals surface area contributed by atoms with E-state index in [2.05, 4.69) is 5.32 Å². The van der Waals surface area contributed by atoms with Gasteiger partial charge in [0.05, 0.1) is 18.8 Å². The molecule has 1 aliphatic heterocycles.